The van der Waals surface area contributed by atoms with Crippen molar-refractivity contribution in [2.75, 3.05) is 19.3 Å². The Labute approximate surface area is 108 Å². The predicted molar refractivity (Wildman–Crippen MR) is 70.3 cm³/mol. The van der Waals surface area contributed by atoms with Gasteiger partial charge in [-0.2, -0.15) is 0 Å². The molecule has 0 bridgehead atoms. The van der Waals surface area contributed by atoms with E-state index in [9.17, 15) is 12.8 Å². The lowest BCUT2D eigenvalue weighted by molar-refractivity contribution is 0.453. The van der Waals surface area contributed by atoms with Gasteiger partial charge in [0.2, 0.25) is 10.0 Å². The third-order valence-electron chi connectivity index (χ3n) is 2.76. The topological polar surface area (TPSA) is 63.4 Å². The summed E-state index contributed by atoms with van der Waals surface area (Å²) in [6.45, 7) is 3.83. The SMILES string of the molecule is CCCCN(C)S(=O)(=O)c1cc(N)cc(C)c1F. The zero-order chi connectivity index (χ0) is 13.9. The summed E-state index contributed by atoms with van der Waals surface area (Å²) in [6, 6.07) is 2.58. The largest absolute Gasteiger partial charge is 0.399 e. The highest BCUT2D eigenvalue weighted by Crippen LogP contribution is 2.24. The van der Waals surface area contributed by atoms with E-state index in [1.807, 2.05) is 6.92 Å². The molecule has 0 saturated heterocycles. The second kappa shape index (κ2) is 5.67. The maximum absolute atomic E-state index is 13.9. The molecule has 0 aliphatic heterocycles. The van der Waals surface area contributed by atoms with Gasteiger partial charge in [-0.05, 0) is 31.0 Å². The van der Waals surface area contributed by atoms with Gasteiger partial charge in [0.05, 0.1) is 0 Å². The van der Waals surface area contributed by atoms with Crippen LogP contribution in [-0.2, 0) is 10.0 Å². The molecule has 1 aromatic rings. The van der Waals surface area contributed by atoms with Gasteiger partial charge < -0.3 is 5.73 Å². The highest BCUT2D eigenvalue weighted by atomic mass is 32.2. The summed E-state index contributed by atoms with van der Waals surface area (Å²) in [5.41, 5.74) is 6.06. The number of nitrogens with zero attached hydrogens (tertiary/aromatic N) is 1. The van der Waals surface area contributed by atoms with Crippen LogP contribution in [0.4, 0.5) is 10.1 Å². The first-order valence-electron chi connectivity index (χ1n) is 5.82. The molecule has 1 rings (SSSR count). The lowest BCUT2D eigenvalue weighted by Crippen LogP contribution is -2.29. The minimum atomic E-state index is -3.81. The molecule has 0 aliphatic carbocycles. The van der Waals surface area contributed by atoms with Gasteiger partial charge in [-0.3, -0.25) is 0 Å². The predicted octanol–water partition coefficient (Wildman–Crippen LogP) is 2.14. The highest BCUT2D eigenvalue weighted by Gasteiger charge is 2.25. The quantitative estimate of drug-likeness (QED) is 0.837. The minimum Gasteiger partial charge on any atom is -0.399 e. The number of benzene rings is 1. The van der Waals surface area contributed by atoms with Crippen molar-refractivity contribution in [1.82, 2.24) is 4.31 Å². The molecular formula is C12H19FN2O2S. The third-order valence-corrected chi connectivity index (χ3v) is 4.61. The molecule has 0 aromatic heterocycles. The maximum Gasteiger partial charge on any atom is 0.245 e. The van der Waals surface area contributed by atoms with Crippen LogP contribution in [0, 0.1) is 12.7 Å². The van der Waals surface area contributed by atoms with Crippen LogP contribution in [0.5, 0.6) is 0 Å². The molecule has 1 aromatic carbocycles. The summed E-state index contributed by atoms with van der Waals surface area (Å²) in [6.07, 6.45) is 1.61. The molecule has 0 radical (unpaired) electrons. The van der Waals surface area contributed by atoms with E-state index in [-0.39, 0.29) is 16.1 Å². The van der Waals surface area contributed by atoms with Crippen LogP contribution in [0.25, 0.3) is 0 Å². The van der Waals surface area contributed by atoms with E-state index < -0.39 is 15.8 Å². The van der Waals surface area contributed by atoms with E-state index in [1.54, 1.807) is 0 Å². The Kier molecular flexibility index (Phi) is 4.70. The van der Waals surface area contributed by atoms with Crippen molar-refractivity contribution >= 4 is 15.7 Å². The summed E-state index contributed by atoms with van der Waals surface area (Å²) < 4.78 is 39.4. The van der Waals surface area contributed by atoms with Crippen molar-refractivity contribution in [1.29, 1.82) is 0 Å². The van der Waals surface area contributed by atoms with Gasteiger partial charge in [0.25, 0.3) is 0 Å². The molecule has 102 valence electrons. The fourth-order valence-corrected chi connectivity index (χ4v) is 3.00. The highest BCUT2D eigenvalue weighted by molar-refractivity contribution is 7.89. The van der Waals surface area contributed by atoms with Crippen molar-refractivity contribution in [3.05, 3.63) is 23.5 Å². The number of aryl methyl sites for hydroxylation is 1. The smallest absolute Gasteiger partial charge is 0.245 e. The number of nitrogens with two attached hydrogens (primary N) is 1. The molecule has 0 heterocycles. The van der Waals surface area contributed by atoms with Crippen molar-refractivity contribution in [2.24, 2.45) is 0 Å². The van der Waals surface area contributed by atoms with Crippen LogP contribution in [-0.4, -0.2) is 26.3 Å². The Bertz CT molecular complexity index is 529. The molecule has 6 heteroatoms. The third kappa shape index (κ3) is 3.00. The number of sulfonamides is 1. The zero-order valence-electron chi connectivity index (χ0n) is 10.9. The van der Waals surface area contributed by atoms with Gasteiger partial charge in [0.15, 0.2) is 0 Å². The molecular weight excluding hydrogens is 255 g/mol. The summed E-state index contributed by atoms with van der Waals surface area (Å²) in [5.74, 6) is -0.729. The molecule has 0 fully saturated rings. The zero-order valence-corrected chi connectivity index (χ0v) is 11.7. The number of rotatable bonds is 5. The van der Waals surface area contributed by atoms with Crippen LogP contribution in [0.2, 0.25) is 0 Å². The number of hydrogen-bond donors (Lipinski definition) is 1. The van der Waals surface area contributed by atoms with Gasteiger partial charge in [-0.15, -0.1) is 0 Å². The molecule has 4 nitrogen and oxygen atoms in total. The standard InChI is InChI=1S/C12H19FN2O2S/c1-4-5-6-15(3)18(16,17)11-8-10(14)7-9(2)12(11)13/h7-8H,4-6,14H2,1-3H3. The first kappa shape index (κ1) is 14.9. The van der Waals surface area contributed by atoms with Crippen LogP contribution in [0.15, 0.2) is 17.0 Å². The van der Waals surface area contributed by atoms with Crippen LogP contribution < -0.4 is 5.73 Å². The van der Waals surface area contributed by atoms with E-state index >= 15 is 0 Å². The van der Waals surface area contributed by atoms with Crippen molar-refractivity contribution in [2.45, 2.75) is 31.6 Å². The van der Waals surface area contributed by atoms with Crippen LogP contribution >= 0.6 is 0 Å². The van der Waals surface area contributed by atoms with Crippen molar-refractivity contribution in [3.8, 4) is 0 Å². The van der Waals surface area contributed by atoms with Gasteiger partial charge in [-0.25, -0.2) is 17.1 Å². The monoisotopic (exact) mass is 274 g/mol. The van der Waals surface area contributed by atoms with Crippen molar-refractivity contribution < 1.29 is 12.8 Å². The van der Waals surface area contributed by atoms with E-state index in [0.717, 1.165) is 17.1 Å². The number of nitrogen functional groups attached to an aromatic ring is 1. The van der Waals surface area contributed by atoms with Gasteiger partial charge >= 0.3 is 0 Å². The molecule has 0 spiro atoms. The Morgan fingerprint density at radius 1 is 1.39 bits per heavy atom. The molecule has 0 unspecified atom stereocenters. The van der Waals surface area contributed by atoms with Crippen molar-refractivity contribution in [3.63, 3.8) is 0 Å². The van der Waals surface area contributed by atoms with Gasteiger partial charge in [0.1, 0.15) is 10.7 Å². The van der Waals surface area contributed by atoms with E-state index in [4.69, 9.17) is 5.73 Å². The Morgan fingerprint density at radius 3 is 2.56 bits per heavy atom. The molecule has 0 aliphatic rings. The summed E-state index contributed by atoms with van der Waals surface area (Å²) in [7, 11) is -2.36. The lowest BCUT2D eigenvalue weighted by Gasteiger charge is -2.18. The van der Waals surface area contributed by atoms with E-state index in [2.05, 4.69) is 0 Å². The number of halogens is 1. The summed E-state index contributed by atoms with van der Waals surface area (Å²) >= 11 is 0. The summed E-state index contributed by atoms with van der Waals surface area (Å²) in [5, 5.41) is 0. The van der Waals surface area contributed by atoms with Gasteiger partial charge in [-0.1, -0.05) is 13.3 Å². The number of anilines is 1. The lowest BCUT2D eigenvalue weighted by atomic mass is 10.2. The Hall–Kier alpha value is -1.14. The minimum absolute atomic E-state index is 0.234. The normalized spacial score (nSPS) is 12.1. The van der Waals surface area contributed by atoms with Gasteiger partial charge in [0, 0.05) is 19.3 Å². The number of hydrogen-bond acceptors (Lipinski definition) is 3. The van der Waals surface area contributed by atoms with E-state index in [0.29, 0.717) is 6.54 Å². The van der Waals surface area contributed by atoms with E-state index in [1.165, 1.54) is 26.1 Å². The average molecular weight is 274 g/mol. The first-order chi connectivity index (χ1) is 8.30. The average Bonchev–Trinajstić information content (AvgIpc) is 2.30. The molecule has 0 saturated carbocycles. The number of unbranched alkanes of at least 4 members (excludes halogenated alkanes) is 1. The summed E-state index contributed by atoms with van der Waals surface area (Å²) in [4.78, 5) is -0.349. The Morgan fingerprint density at radius 2 is 2.00 bits per heavy atom. The molecule has 0 amide bonds. The van der Waals surface area contributed by atoms with Crippen LogP contribution in [0.3, 0.4) is 0 Å². The molecule has 0 atom stereocenters. The first-order valence-corrected chi connectivity index (χ1v) is 7.26. The Balaban J connectivity index is 3.20. The fraction of sp³-hybridized carbons (Fsp3) is 0.500. The second-order valence-electron chi connectivity index (χ2n) is 4.33. The fourth-order valence-electron chi connectivity index (χ4n) is 1.62. The maximum atomic E-state index is 13.9. The second-order valence-corrected chi connectivity index (χ2v) is 6.34. The molecule has 18 heavy (non-hydrogen) atoms. The van der Waals surface area contributed by atoms with Crippen LogP contribution in [0.1, 0.15) is 25.3 Å². The molecule has 2 N–H and O–H groups in total.